The van der Waals surface area contributed by atoms with E-state index in [4.69, 9.17) is 0 Å². The summed E-state index contributed by atoms with van der Waals surface area (Å²) in [4.78, 5) is 12.2. The molecule has 1 aromatic rings. The number of piperidine rings is 1. The first kappa shape index (κ1) is 16.4. The topological polar surface area (TPSA) is 95.2 Å². The van der Waals surface area contributed by atoms with Crippen molar-refractivity contribution < 1.29 is 13.2 Å². The van der Waals surface area contributed by atoms with Crippen LogP contribution in [0, 0.1) is 0 Å². The monoisotopic (exact) mass is 340 g/mol. The number of carbonyl (C=O) groups excluding carboxylic acids is 1. The summed E-state index contributed by atoms with van der Waals surface area (Å²) in [6, 6.07) is 1.68. The lowest BCUT2D eigenvalue weighted by atomic mass is 10.0. The van der Waals surface area contributed by atoms with E-state index in [1.807, 2.05) is 0 Å². The zero-order chi connectivity index (χ0) is 16.4. The summed E-state index contributed by atoms with van der Waals surface area (Å²) >= 11 is 0. The first-order chi connectivity index (χ1) is 10.9. The van der Waals surface area contributed by atoms with Crippen molar-refractivity contribution >= 4 is 15.9 Å². The fraction of sp³-hybridized carbons (Fsp3) is 0.733. The van der Waals surface area contributed by atoms with Gasteiger partial charge in [-0.3, -0.25) is 9.89 Å². The van der Waals surface area contributed by atoms with Crippen LogP contribution < -0.4 is 5.32 Å². The Balaban J connectivity index is 1.73. The highest BCUT2D eigenvalue weighted by atomic mass is 32.2. The molecule has 1 amide bonds. The highest BCUT2D eigenvalue weighted by Gasteiger charge is 2.32. The van der Waals surface area contributed by atoms with Gasteiger partial charge in [-0.1, -0.05) is 19.3 Å². The maximum atomic E-state index is 12.2. The molecule has 1 unspecified atom stereocenters. The minimum Gasteiger partial charge on any atom is -0.348 e. The number of nitrogens with zero attached hydrogens (tertiary/aromatic N) is 2. The minimum atomic E-state index is -3.27. The molecule has 1 atom stereocenters. The van der Waals surface area contributed by atoms with E-state index in [1.165, 1.54) is 10.6 Å². The number of hydrogen-bond donors (Lipinski definition) is 2. The second-order valence-electron chi connectivity index (χ2n) is 6.55. The van der Waals surface area contributed by atoms with E-state index < -0.39 is 10.0 Å². The van der Waals surface area contributed by atoms with E-state index >= 15 is 0 Å². The number of H-pyrrole nitrogens is 1. The summed E-state index contributed by atoms with van der Waals surface area (Å²) < 4.78 is 25.4. The predicted molar refractivity (Wildman–Crippen MR) is 86.5 cm³/mol. The number of aromatic amines is 1. The second kappa shape index (κ2) is 6.60. The molecule has 2 heterocycles. The van der Waals surface area contributed by atoms with Crippen LogP contribution in [0.15, 0.2) is 6.07 Å². The Morgan fingerprint density at radius 1 is 1.26 bits per heavy atom. The Kier molecular flexibility index (Phi) is 4.72. The number of aromatic nitrogens is 2. The van der Waals surface area contributed by atoms with Gasteiger partial charge < -0.3 is 5.32 Å². The van der Waals surface area contributed by atoms with Crippen LogP contribution in [-0.4, -0.2) is 47.7 Å². The predicted octanol–water partition coefficient (Wildman–Crippen LogP) is 1.57. The van der Waals surface area contributed by atoms with Gasteiger partial charge in [0.1, 0.15) is 5.69 Å². The molecule has 0 bridgehead atoms. The fourth-order valence-electron chi connectivity index (χ4n) is 3.57. The smallest absolute Gasteiger partial charge is 0.271 e. The molecule has 8 heteroatoms. The molecular formula is C15H24N4O3S. The first-order valence-electron chi connectivity index (χ1n) is 8.28. The first-order valence-corrected chi connectivity index (χ1v) is 10.1. The lowest BCUT2D eigenvalue weighted by Gasteiger charge is -2.32. The van der Waals surface area contributed by atoms with Crippen LogP contribution in [0.3, 0.4) is 0 Å². The number of hydrogen-bond acceptors (Lipinski definition) is 4. The molecule has 23 heavy (non-hydrogen) atoms. The maximum Gasteiger partial charge on any atom is 0.271 e. The van der Waals surface area contributed by atoms with Crippen LogP contribution in [0.5, 0.6) is 0 Å². The number of nitrogens with one attached hydrogen (secondary N) is 2. The van der Waals surface area contributed by atoms with E-state index in [2.05, 4.69) is 15.5 Å². The highest BCUT2D eigenvalue weighted by Crippen LogP contribution is 2.32. The molecule has 0 aromatic carbocycles. The Morgan fingerprint density at radius 2 is 1.96 bits per heavy atom. The summed E-state index contributed by atoms with van der Waals surface area (Å²) in [6.07, 6.45) is 8.17. The average Bonchev–Trinajstić information content (AvgIpc) is 3.17. The normalized spacial score (nSPS) is 24.0. The largest absolute Gasteiger partial charge is 0.348 e. The third-order valence-electron chi connectivity index (χ3n) is 4.76. The van der Waals surface area contributed by atoms with Crippen molar-refractivity contribution in [3.05, 3.63) is 17.5 Å². The molecular weight excluding hydrogens is 316 g/mol. The summed E-state index contributed by atoms with van der Waals surface area (Å²) in [5.74, 6) is -0.180. The summed E-state index contributed by atoms with van der Waals surface area (Å²) in [5.41, 5.74) is 1.04. The highest BCUT2D eigenvalue weighted by molar-refractivity contribution is 7.88. The molecule has 0 spiro atoms. The maximum absolute atomic E-state index is 12.2. The summed E-state index contributed by atoms with van der Waals surface area (Å²) in [6.45, 7) is 0.520. The van der Waals surface area contributed by atoms with Crippen LogP contribution >= 0.6 is 0 Å². The van der Waals surface area contributed by atoms with Crippen LogP contribution in [-0.2, 0) is 10.0 Å². The SMILES string of the molecule is CS(=O)(=O)N1CCCCC1c1cc(C(=O)NC2CCCC2)n[nH]1. The van der Waals surface area contributed by atoms with Gasteiger partial charge in [0.25, 0.3) is 5.91 Å². The van der Waals surface area contributed by atoms with Gasteiger partial charge in [-0.15, -0.1) is 0 Å². The molecule has 1 aliphatic heterocycles. The fourth-order valence-corrected chi connectivity index (χ4v) is 4.71. The van der Waals surface area contributed by atoms with E-state index in [9.17, 15) is 13.2 Å². The molecule has 2 fully saturated rings. The van der Waals surface area contributed by atoms with Crippen LogP contribution in [0.4, 0.5) is 0 Å². The van der Waals surface area contributed by atoms with E-state index in [0.29, 0.717) is 17.9 Å². The van der Waals surface area contributed by atoms with Crippen molar-refractivity contribution in [2.24, 2.45) is 0 Å². The van der Waals surface area contributed by atoms with Gasteiger partial charge in [0.05, 0.1) is 18.0 Å². The lowest BCUT2D eigenvalue weighted by Crippen LogP contribution is -2.37. The number of rotatable bonds is 4. The van der Waals surface area contributed by atoms with Crippen molar-refractivity contribution in [2.45, 2.75) is 57.0 Å². The molecule has 1 saturated carbocycles. The zero-order valence-corrected chi connectivity index (χ0v) is 14.2. The summed E-state index contributed by atoms with van der Waals surface area (Å²) in [5, 5.41) is 9.96. The van der Waals surface area contributed by atoms with E-state index in [1.54, 1.807) is 6.07 Å². The van der Waals surface area contributed by atoms with Gasteiger partial charge in [0.15, 0.2) is 0 Å². The van der Waals surface area contributed by atoms with Crippen molar-refractivity contribution in [1.82, 2.24) is 19.8 Å². The third kappa shape index (κ3) is 3.74. The molecule has 2 N–H and O–H groups in total. The van der Waals surface area contributed by atoms with Gasteiger partial charge in [-0.05, 0) is 31.7 Å². The Labute approximate surface area is 136 Å². The van der Waals surface area contributed by atoms with Crippen molar-refractivity contribution in [3.63, 3.8) is 0 Å². The van der Waals surface area contributed by atoms with Crippen molar-refractivity contribution in [3.8, 4) is 0 Å². The number of carbonyl (C=O) groups is 1. The standard InChI is InChI=1S/C15H24N4O3S/c1-23(21,22)19-9-5-4-8-14(19)12-10-13(18-17-12)15(20)16-11-6-2-3-7-11/h10-11,14H,2-9H2,1H3,(H,16,20)(H,17,18). The molecule has 3 rings (SSSR count). The Morgan fingerprint density at radius 3 is 2.65 bits per heavy atom. The van der Waals surface area contributed by atoms with E-state index in [-0.39, 0.29) is 18.0 Å². The van der Waals surface area contributed by atoms with E-state index in [0.717, 1.165) is 44.9 Å². The summed E-state index contributed by atoms with van der Waals surface area (Å²) in [7, 11) is -3.27. The Hall–Kier alpha value is -1.41. The molecule has 0 radical (unpaired) electrons. The van der Waals surface area contributed by atoms with Crippen LogP contribution in [0.2, 0.25) is 0 Å². The van der Waals surface area contributed by atoms with Gasteiger partial charge in [-0.25, -0.2) is 8.42 Å². The zero-order valence-electron chi connectivity index (χ0n) is 13.4. The third-order valence-corrected chi connectivity index (χ3v) is 6.05. The van der Waals surface area contributed by atoms with Crippen LogP contribution in [0.25, 0.3) is 0 Å². The van der Waals surface area contributed by atoms with Crippen molar-refractivity contribution in [1.29, 1.82) is 0 Å². The molecule has 7 nitrogen and oxygen atoms in total. The van der Waals surface area contributed by atoms with Gasteiger partial charge in [-0.2, -0.15) is 9.40 Å². The Bertz CT molecular complexity index is 664. The number of amides is 1. The lowest BCUT2D eigenvalue weighted by molar-refractivity contribution is 0.0933. The van der Waals surface area contributed by atoms with Crippen molar-refractivity contribution in [2.75, 3.05) is 12.8 Å². The second-order valence-corrected chi connectivity index (χ2v) is 8.48. The minimum absolute atomic E-state index is 0.180. The molecule has 1 aromatic heterocycles. The quantitative estimate of drug-likeness (QED) is 0.870. The molecule has 1 aliphatic carbocycles. The van der Waals surface area contributed by atoms with Gasteiger partial charge in [0, 0.05) is 12.6 Å². The molecule has 1 saturated heterocycles. The van der Waals surface area contributed by atoms with Gasteiger partial charge in [0.2, 0.25) is 10.0 Å². The molecule has 2 aliphatic rings. The average molecular weight is 340 g/mol. The van der Waals surface area contributed by atoms with Gasteiger partial charge >= 0.3 is 0 Å². The number of sulfonamides is 1. The van der Waals surface area contributed by atoms with Crippen LogP contribution in [0.1, 0.15) is 67.2 Å². The molecule has 128 valence electrons.